The molecule has 1 N–H and O–H groups in total. The van der Waals surface area contributed by atoms with Crippen molar-refractivity contribution in [3.05, 3.63) is 35.9 Å². The number of nitrogens with one attached hydrogen (secondary N) is 1. The zero-order valence-corrected chi connectivity index (χ0v) is 12.7. The predicted octanol–water partition coefficient (Wildman–Crippen LogP) is 3.46. The van der Waals surface area contributed by atoms with E-state index in [2.05, 4.69) is 47.5 Å². The lowest BCUT2D eigenvalue weighted by Gasteiger charge is -2.37. The summed E-state index contributed by atoms with van der Waals surface area (Å²) < 4.78 is 0. The van der Waals surface area contributed by atoms with Gasteiger partial charge in [-0.05, 0) is 30.2 Å². The van der Waals surface area contributed by atoms with E-state index in [1.54, 1.807) is 0 Å². The highest BCUT2D eigenvalue weighted by molar-refractivity contribution is 5.19. The Bertz CT molecular complexity index is 403. The molecule has 2 fully saturated rings. The molecular weight excluding hydrogens is 244 g/mol. The van der Waals surface area contributed by atoms with E-state index >= 15 is 0 Å². The average molecular weight is 272 g/mol. The molecule has 3 atom stereocenters. The van der Waals surface area contributed by atoms with Crippen molar-refractivity contribution in [1.82, 2.24) is 10.2 Å². The minimum atomic E-state index is 0.519. The largest absolute Gasteiger partial charge is 0.308 e. The molecule has 0 radical (unpaired) electrons. The molecule has 110 valence electrons. The summed E-state index contributed by atoms with van der Waals surface area (Å²) >= 11 is 0. The molecule has 20 heavy (non-hydrogen) atoms. The first kappa shape index (κ1) is 14.1. The van der Waals surface area contributed by atoms with Crippen LogP contribution in [0.5, 0.6) is 0 Å². The van der Waals surface area contributed by atoms with Gasteiger partial charge >= 0.3 is 0 Å². The molecule has 1 aliphatic heterocycles. The van der Waals surface area contributed by atoms with Crippen LogP contribution in [0, 0.1) is 11.8 Å². The van der Waals surface area contributed by atoms with Crippen molar-refractivity contribution in [3.63, 3.8) is 0 Å². The Kier molecular flexibility index (Phi) is 4.74. The van der Waals surface area contributed by atoms with Crippen molar-refractivity contribution in [2.75, 3.05) is 26.2 Å². The fourth-order valence-electron chi connectivity index (χ4n) is 3.98. The summed E-state index contributed by atoms with van der Waals surface area (Å²) in [5.41, 5.74) is 1.44. The molecular formula is C18H28N2. The molecule has 2 nitrogen and oxygen atoms in total. The quantitative estimate of drug-likeness (QED) is 0.906. The van der Waals surface area contributed by atoms with Gasteiger partial charge in [-0.25, -0.2) is 0 Å². The molecule has 3 rings (SSSR count). The van der Waals surface area contributed by atoms with E-state index in [-0.39, 0.29) is 0 Å². The molecule has 1 aromatic rings. The van der Waals surface area contributed by atoms with Crippen LogP contribution in [0.4, 0.5) is 0 Å². The molecule has 0 spiro atoms. The molecule has 3 unspecified atom stereocenters. The second kappa shape index (κ2) is 6.73. The van der Waals surface area contributed by atoms with Crippen LogP contribution in [-0.2, 0) is 0 Å². The molecule has 2 aliphatic rings. The van der Waals surface area contributed by atoms with Gasteiger partial charge in [0.05, 0.1) is 0 Å². The van der Waals surface area contributed by atoms with Gasteiger partial charge < -0.3 is 5.32 Å². The van der Waals surface area contributed by atoms with Gasteiger partial charge in [0, 0.05) is 32.2 Å². The standard InChI is InChI=1S/C18H28N2/c1-15-6-5-7-16(12-15)13-20-11-10-19-18(14-20)17-8-3-2-4-9-17/h2-4,8-9,15-16,18-19H,5-7,10-14H2,1H3. The number of piperazine rings is 1. The van der Waals surface area contributed by atoms with E-state index in [0.29, 0.717) is 6.04 Å². The molecule has 0 aromatic heterocycles. The Morgan fingerprint density at radius 2 is 2.05 bits per heavy atom. The summed E-state index contributed by atoms with van der Waals surface area (Å²) in [5, 5.41) is 3.67. The Morgan fingerprint density at radius 1 is 1.20 bits per heavy atom. The lowest BCUT2D eigenvalue weighted by atomic mass is 9.82. The minimum absolute atomic E-state index is 0.519. The summed E-state index contributed by atoms with van der Waals surface area (Å²) in [4.78, 5) is 2.69. The third-order valence-corrected chi connectivity index (χ3v) is 5.02. The third-order valence-electron chi connectivity index (χ3n) is 5.02. The molecule has 1 heterocycles. The van der Waals surface area contributed by atoms with Crippen LogP contribution in [-0.4, -0.2) is 31.1 Å². The Balaban J connectivity index is 1.55. The van der Waals surface area contributed by atoms with Crippen molar-refractivity contribution < 1.29 is 0 Å². The number of rotatable bonds is 3. The topological polar surface area (TPSA) is 15.3 Å². The van der Waals surface area contributed by atoms with E-state index in [9.17, 15) is 0 Å². The van der Waals surface area contributed by atoms with Crippen LogP contribution in [0.2, 0.25) is 0 Å². The van der Waals surface area contributed by atoms with Gasteiger partial charge in [-0.2, -0.15) is 0 Å². The van der Waals surface area contributed by atoms with E-state index in [4.69, 9.17) is 0 Å². The van der Waals surface area contributed by atoms with Crippen LogP contribution in [0.15, 0.2) is 30.3 Å². The van der Waals surface area contributed by atoms with Crippen LogP contribution in [0.1, 0.15) is 44.2 Å². The van der Waals surface area contributed by atoms with E-state index in [1.165, 1.54) is 50.9 Å². The van der Waals surface area contributed by atoms with E-state index in [0.717, 1.165) is 18.4 Å². The number of benzene rings is 1. The fourth-order valence-corrected chi connectivity index (χ4v) is 3.98. The smallest absolute Gasteiger partial charge is 0.0449 e. The van der Waals surface area contributed by atoms with Gasteiger partial charge in [0.2, 0.25) is 0 Å². The molecule has 2 heteroatoms. The maximum Gasteiger partial charge on any atom is 0.0449 e. The van der Waals surface area contributed by atoms with E-state index in [1.807, 2.05) is 0 Å². The highest BCUT2D eigenvalue weighted by Gasteiger charge is 2.25. The number of hydrogen-bond acceptors (Lipinski definition) is 2. The van der Waals surface area contributed by atoms with Gasteiger partial charge in [-0.3, -0.25) is 4.90 Å². The first-order valence-electron chi connectivity index (χ1n) is 8.32. The maximum atomic E-state index is 3.67. The predicted molar refractivity (Wildman–Crippen MR) is 84.7 cm³/mol. The van der Waals surface area contributed by atoms with Gasteiger partial charge in [0.25, 0.3) is 0 Å². The second-order valence-electron chi connectivity index (χ2n) is 6.81. The fraction of sp³-hybridized carbons (Fsp3) is 0.667. The zero-order chi connectivity index (χ0) is 13.8. The molecule has 1 saturated heterocycles. The Hall–Kier alpha value is -0.860. The molecule has 1 saturated carbocycles. The summed E-state index contributed by atoms with van der Waals surface area (Å²) in [5.74, 6) is 1.88. The molecule has 1 aliphatic carbocycles. The SMILES string of the molecule is CC1CCCC(CN2CCNC(c3ccccc3)C2)C1. The first-order valence-corrected chi connectivity index (χ1v) is 8.32. The molecule has 0 bridgehead atoms. The van der Waals surface area contributed by atoms with Gasteiger partial charge in [-0.1, -0.05) is 50.1 Å². The zero-order valence-electron chi connectivity index (χ0n) is 12.7. The normalized spacial score (nSPS) is 32.1. The number of hydrogen-bond donors (Lipinski definition) is 1. The Morgan fingerprint density at radius 3 is 2.85 bits per heavy atom. The van der Waals surface area contributed by atoms with Crippen molar-refractivity contribution in [2.45, 2.75) is 38.6 Å². The average Bonchev–Trinajstić information content (AvgIpc) is 2.48. The van der Waals surface area contributed by atoms with Gasteiger partial charge in [0.1, 0.15) is 0 Å². The highest BCUT2D eigenvalue weighted by Crippen LogP contribution is 2.29. The van der Waals surface area contributed by atoms with Crippen LogP contribution in [0.25, 0.3) is 0 Å². The van der Waals surface area contributed by atoms with Crippen LogP contribution >= 0.6 is 0 Å². The monoisotopic (exact) mass is 272 g/mol. The lowest BCUT2D eigenvalue weighted by molar-refractivity contribution is 0.144. The highest BCUT2D eigenvalue weighted by atomic mass is 15.2. The number of nitrogens with zero attached hydrogens (tertiary/aromatic N) is 1. The molecule has 0 amide bonds. The second-order valence-corrected chi connectivity index (χ2v) is 6.81. The summed E-state index contributed by atoms with van der Waals surface area (Å²) in [6.45, 7) is 7.26. The van der Waals surface area contributed by atoms with Crippen LogP contribution < -0.4 is 5.32 Å². The maximum absolute atomic E-state index is 3.67. The third kappa shape index (κ3) is 3.62. The molecule has 1 aromatic carbocycles. The van der Waals surface area contributed by atoms with Crippen LogP contribution in [0.3, 0.4) is 0 Å². The first-order chi connectivity index (χ1) is 9.81. The van der Waals surface area contributed by atoms with E-state index < -0.39 is 0 Å². The van der Waals surface area contributed by atoms with Gasteiger partial charge in [0.15, 0.2) is 0 Å². The van der Waals surface area contributed by atoms with Crippen molar-refractivity contribution in [2.24, 2.45) is 11.8 Å². The van der Waals surface area contributed by atoms with Crippen molar-refractivity contribution >= 4 is 0 Å². The lowest BCUT2D eigenvalue weighted by Crippen LogP contribution is -2.47. The van der Waals surface area contributed by atoms with Crippen molar-refractivity contribution in [1.29, 1.82) is 0 Å². The minimum Gasteiger partial charge on any atom is -0.308 e. The Labute approximate surface area is 123 Å². The van der Waals surface area contributed by atoms with Crippen molar-refractivity contribution in [3.8, 4) is 0 Å². The summed E-state index contributed by atoms with van der Waals surface area (Å²) in [6, 6.07) is 11.4. The summed E-state index contributed by atoms with van der Waals surface area (Å²) in [6.07, 6.45) is 5.79. The summed E-state index contributed by atoms with van der Waals surface area (Å²) in [7, 11) is 0. The van der Waals surface area contributed by atoms with Gasteiger partial charge in [-0.15, -0.1) is 0 Å².